The van der Waals surface area contributed by atoms with Crippen LogP contribution in [0.3, 0.4) is 0 Å². The van der Waals surface area contributed by atoms with E-state index in [4.69, 9.17) is 0 Å². The molecule has 4 rings (SSSR count). The number of para-hydroxylation sites is 1. The van der Waals surface area contributed by atoms with Gasteiger partial charge in [0.05, 0.1) is 6.20 Å². The third-order valence-electron chi connectivity index (χ3n) is 4.81. The highest BCUT2D eigenvalue weighted by Gasteiger charge is 2.22. The van der Waals surface area contributed by atoms with Gasteiger partial charge >= 0.3 is 0 Å². The van der Waals surface area contributed by atoms with Crippen LogP contribution in [0, 0.1) is 0 Å². The number of piperazine rings is 1. The molecule has 0 amide bonds. The minimum atomic E-state index is -3.74. The van der Waals surface area contributed by atoms with Crippen molar-refractivity contribution < 1.29 is 8.42 Å². The molecule has 27 heavy (non-hydrogen) atoms. The van der Waals surface area contributed by atoms with Crippen molar-refractivity contribution in [1.29, 1.82) is 0 Å². The number of aromatic nitrogens is 3. The van der Waals surface area contributed by atoms with Gasteiger partial charge in [0, 0.05) is 44.6 Å². The maximum absolute atomic E-state index is 12.8. The van der Waals surface area contributed by atoms with Crippen LogP contribution < -0.4 is 9.62 Å². The number of sulfonamides is 1. The molecule has 3 aromatic rings. The van der Waals surface area contributed by atoms with E-state index in [0.29, 0.717) is 5.65 Å². The Labute approximate surface area is 158 Å². The van der Waals surface area contributed by atoms with Gasteiger partial charge in [-0.15, -0.1) is 0 Å². The van der Waals surface area contributed by atoms with Gasteiger partial charge in [-0.2, -0.15) is 5.10 Å². The predicted molar refractivity (Wildman–Crippen MR) is 103 cm³/mol. The second kappa shape index (κ2) is 7.26. The first-order chi connectivity index (χ1) is 13.0. The third kappa shape index (κ3) is 3.66. The molecular weight excluding hydrogens is 364 g/mol. The molecule has 0 bridgehead atoms. The lowest BCUT2D eigenvalue weighted by atomic mass is 10.1. The van der Waals surface area contributed by atoms with Gasteiger partial charge in [0.1, 0.15) is 0 Å². The van der Waals surface area contributed by atoms with Gasteiger partial charge in [-0.1, -0.05) is 18.2 Å². The Bertz CT molecular complexity index is 1040. The summed E-state index contributed by atoms with van der Waals surface area (Å²) in [5, 5.41) is 4.12. The topological polar surface area (TPSA) is 82.8 Å². The molecule has 0 spiro atoms. The van der Waals surface area contributed by atoms with Crippen LogP contribution in [0.1, 0.15) is 5.56 Å². The number of likely N-dealkylation sites (N-methyl/N-ethyl adjacent to an activating group) is 1. The van der Waals surface area contributed by atoms with E-state index in [0.717, 1.165) is 37.4 Å². The minimum absolute atomic E-state index is 0.0372. The molecule has 1 fully saturated rings. The summed E-state index contributed by atoms with van der Waals surface area (Å²) >= 11 is 0. The first kappa shape index (κ1) is 17.9. The van der Waals surface area contributed by atoms with Crippen molar-refractivity contribution in [3.8, 4) is 0 Å². The van der Waals surface area contributed by atoms with Gasteiger partial charge in [0.15, 0.2) is 10.7 Å². The summed E-state index contributed by atoms with van der Waals surface area (Å²) < 4.78 is 29.6. The summed E-state index contributed by atoms with van der Waals surface area (Å²) in [4.78, 5) is 8.70. The van der Waals surface area contributed by atoms with E-state index in [1.807, 2.05) is 24.3 Å². The largest absolute Gasteiger partial charge is 0.369 e. The lowest BCUT2D eigenvalue weighted by Gasteiger charge is -2.35. The number of hydrogen-bond donors (Lipinski definition) is 1. The van der Waals surface area contributed by atoms with Gasteiger partial charge in [0.25, 0.3) is 10.0 Å². The number of benzene rings is 1. The van der Waals surface area contributed by atoms with Gasteiger partial charge < -0.3 is 9.80 Å². The molecular formula is C18H22N6O2S. The fourth-order valence-electron chi connectivity index (χ4n) is 3.25. The van der Waals surface area contributed by atoms with Crippen LogP contribution in [0.4, 0.5) is 5.69 Å². The second-order valence-electron chi connectivity index (χ2n) is 6.63. The SMILES string of the molecule is CN1CCN(c2ccccc2CNS(=O)(=O)c2cnc3cccnn23)CC1. The van der Waals surface area contributed by atoms with Crippen LogP contribution in [0.2, 0.25) is 0 Å². The molecule has 0 atom stereocenters. The summed E-state index contributed by atoms with van der Waals surface area (Å²) in [5.41, 5.74) is 2.52. The highest BCUT2D eigenvalue weighted by Crippen LogP contribution is 2.22. The zero-order valence-electron chi connectivity index (χ0n) is 15.1. The summed E-state index contributed by atoms with van der Waals surface area (Å²) in [6, 6.07) is 11.4. The van der Waals surface area contributed by atoms with Crippen molar-refractivity contribution >= 4 is 21.4 Å². The average molecular weight is 386 g/mol. The Morgan fingerprint density at radius 1 is 1.07 bits per heavy atom. The molecule has 1 aliphatic heterocycles. The van der Waals surface area contributed by atoms with E-state index >= 15 is 0 Å². The summed E-state index contributed by atoms with van der Waals surface area (Å²) in [7, 11) is -1.62. The smallest absolute Gasteiger partial charge is 0.260 e. The number of nitrogens with one attached hydrogen (secondary N) is 1. The second-order valence-corrected chi connectivity index (χ2v) is 8.35. The zero-order chi connectivity index (χ0) is 18.9. The standard InChI is InChI=1S/C18H22N6O2S/c1-22-9-11-23(12-10-22)16-6-3-2-5-15(16)13-21-27(25,26)18-14-19-17-7-4-8-20-24(17)18/h2-8,14,21H,9-13H2,1H3. The molecule has 3 heterocycles. The van der Waals surface area contributed by atoms with Crippen LogP contribution in [-0.4, -0.2) is 61.1 Å². The first-order valence-electron chi connectivity index (χ1n) is 8.84. The lowest BCUT2D eigenvalue weighted by Crippen LogP contribution is -2.45. The van der Waals surface area contributed by atoms with Gasteiger partial charge in [-0.25, -0.2) is 22.6 Å². The molecule has 0 radical (unpaired) electrons. The van der Waals surface area contributed by atoms with Crippen LogP contribution in [0.5, 0.6) is 0 Å². The number of anilines is 1. The van der Waals surface area contributed by atoms with Crippen LogP contribution in [0.25, 0.3) is 5.65 Å². The molecule has 142 valence electrons. The Balaban J connectivity index is 1.55. The van der Waals surface area contributed by atoms with Crippen molar-refractivity contribution in [1.82, 2.24) is 24.2 Å². The Kier molecular flexibility index (Phi) is 4.81. The van der Waals surface area contributed by atoms with Gasteiger partial charge in [-0.3, -0.25) is 0 Å². The lowest BCUT2D eigenvalue weighted by molar-refractivity contribution is 0.312. The van der Waals surface area contributed by atoms with E-state index in [-0.39, 0.29) is 11.6 Å². The van der Waals surface area contributed by atoms with E-state index in [2.05, 4.69) is 31.7 Å². The van der Waals surface area contributed by atoms with E-state index < -0.39 is 10.0 Å². The van der Waals surface area contributed by atoms with Crippen LogP contribution in [0.15, 0.2) is 53.8 Å². The Morgan fingerprint density at radius 3 is 2.67 bits per heavy atom. The Hall–Kier alpha value is -2.49. The summed E-state index contributed by atoms with van der Waals surface area (Å²) in [6.45, 7) is 4.06. The Morgan fingerprint density at radius 2 is 1.85 bits per heavy atom. The quantitative estimate of drug-likeness (QED) is 0.703. The molecule has 1 aliphatic rings. The van der Waals surface area contributed by atoms with Crippen molar-refractivity contribution in [2.75, 3.05) is 38.1 Å². The molecule has 9 heteroatoms. The molecule has 0 aliphatic carbocycles. The van der Waals surface area contributed by atoms with Crippen LogP contribution in [-0.2, 0) is 16.6 Å². The van der Waals surface area contributed by atoms with Crippen LogP contribution >= 0.6 is 0 Å². The summed E-state index contributed by atoms with van der Waals surface area (Å²) in [5.74, 6) is 0. The van der Waals surface area contributed by atoms with Crippen molar-refractivity contribution in [3.63, 3.8) is 0 Å². The average Bonchev–Trinajstić information content (AvgIpc) is 3.12. The van der Waals surface area contributed by atoms with Crippen molar-refractivity contribution in [2.45, 2.75) is 11.6 Å². The zero-order valence-corrected chi connectivity index (χ0v) is 15.9. The third-order valence-corrected chi connectivity index (χ3v) is 6.16. The number of rotatable bonds is 5. The van der Waals surface area contributed by atoms with Crippen molar-refractivity contribution in [3.05, 3.63) is 54.4 Å². The molecule has 8 nitrogen and oxygen atoms in total. The number of hydrogen-bond acceptors (Lipinski definition) is 6. The molecule has 1 saturated heterocycles. The number of imidazole rings is 1. The normalized spacial score (nSPS) is 16.1. The molecule has 0 saturated carbocycles. The fraction of sp³-hybridized carbons (Fsp3) is 0.333. The maximum Gasteiger partial charge on any atom is 0.260 e. The highest BCUT2D eigenvalue weighted by molar-refractivity contribution is 7.89. The molecule has 0 unspecified atom stereocenters. The molecule has 2 aromatic heterocycles. The summed E-state index contributed by atoms with van der Waals surface area (Å²) in [6.07, 6.45) is 2.87. The van der Waals surface area contributed by atoms with Gasteiger partial charge in [0.2, 0.25) is 0 Å². The number of nitrogens with zero attached hydrogens (tertiary/aromatic N) is 5. The highest BCUT2D eigenvalue weighted by atomic mass is 32.2. The maximum atomic E-state index is 12.8. The minimum Gasteiger partial charge on any atom is -0.369 e. The monoisotopic (exact) mass is 386 g/mol. The van der Waals surface area contributed by atoms with Gasteiger partial charge in [-0.05, 0) is 30.8 Å². The van der Waals surface area contributed by atoms with E-state index in [1.54, 1.807) is 12.1 Å². The fourth-order valence-corrected chi connectivity index (χ4v) is 4.31. The van der Waals surface area contributed by atoms with E-state index in [1.165, 1.54) is 16.9 Å². The predicted octanol–water partition coefficient (Wildman–Crippen LogP) is 0.960. The molecule has 1 aromatic carbocycles. The van der Waals surface area contributed by atoms with E-state index in [9.17, 15) is 8.42 Å². The van der Waals surface area contributed by atoms with Crippen molar-refractivity contribution in [2.24, 2.45) is 0 Å². The first-order valence-corrected chi connectivity index (χ1v) is 10.3. The number of fused-ring (bicyclic) bond motifs is 1. The molecule has 1 N–H and O–H groups in total.